The zero-order valence-corrected chi connectivity index (χ0v) is 16.1. The minimum Gasteiger partial charge on any atom is -0.389 e. The predicted molar refractivity (Wildman–Crippen MR) is 103 cm³/mol. The maximum absolute atomic E-state index is 12.6. The number of aliphatic hydroxyl groups is 3. The summed E-state index contributed by atoms with van der Waals surface area (Å²) in [5, 5.41) is 31.0. The number of aliphatic hydroxyl groups excluding tert-OH is 3. The molecule has 3 rings (SSSR count). The average Bonchev–Trinajstić information content (AvgIpc) is 2.71. The molecule has 8 heteroatoms. The van der Waals surface area contributed by atoms with Crippen LogP contribution in [0.2, 0.25) is 0 Å². The first-order chi connectivity index (χ1) is 13.4. The zero-order chi connectivity index (χ0) is 20.1. The lowest BCUT2D eigenvalue weighted by molar-refractivity contribution is -0.142. The number of hydrogen-bond donors (Lipinski definition) is 4. The molecule has 28 heavy (non-hydrogen) atoms. The zero-order valence-electron chi connectivity index (χ0n) is 15.2. The van der Waals surface area contributed by atoms with E-state index >= 15 is 0 Å². The highest BCUT2D eigenvalue weighted by molar-refractivity contribution is 7.59. The van der Waals surface area contributed by atoms with Crippen molar-refractivity contribution in [3.8, 4) is 0 Å². The number of rotatable bonds is 7. The second-order valence-electron chi connectivity index (χ2n) is 6.90. The van der Waals surface area contributed by atoms with Gasteiger partial charge >= 0.3 is 0 Å². The smallest absolute Gasteiger partial charge is 0.238 e. The second-order valence-corrected chi connectivity index (χ2v) is 9.43. The van der Waals surface area contributed by atoms with Gasteiger partial charge in [-0.2, -0.15) is 0 Å². The van der Waals surface area contributed by atoms with E-state index in [1.807, 2.05) is 60.7 Å². The molecule has 0 saturated carbocycles. The predicted octanol–water partition coefficient (Wildman–Crippen LogP) is 1.48. The number of ether oxygens (including phenoxy) is 2. The summed E-state index contributed by atoms with van der Waals surface area (Å²) in [6, 6.07) is 18.4. The van der Waals surface area contributed by atoms with Gasteiger partial charge in [-0.15, -0.1) is 0 Å². The van der Waals surface area contributed by atoms with E-state index in [4.69, 9.17) is 9.47 Å². The molecule has 1 aliphatic rings. The van der Waals surface area contributed by atoms with Gasteiger partial charge < -0.3 is 29.7 Å². The van der Waals surface area contributed by atoms with Gasteiger partial charge in [0.15, 0.2) is 5.85 Å². The molecular weight excluding hydrogens is 383 g/mol. The summed E-state index contributed by atoms with van der Waals surface area (Å²) < 4.78 is 23.8. The topological polar surface area (TPSA) is 116 Å². The van der Waals surface area contributed by atoms with E-state index in [0.717, 1.165) is 11.1 Å². The Morgan fingerprint density at radius 2 is 1.36 bits per heavy atom. The first-order valence-corrected chi connectivity index (χ1v) is 10.8. The summed E-state index contributed by atoms with van der Waals surface area (Å²) >= 11 is 0. The highest BCUT2D eigenvalue weighted by atomic mass is 31.2. The number of hydrogen-bond acceptors (Lipinski definition) is 6. The van der Waals surface area contributed by atoms with Gasteiger partial charge in [0, 0.05) is 0 Å². The van der Waals surface area contributed by atoms with Crippen molar-refractivity contribution in [2.24, 2.45) is 0 Å². The molecule has 1 aliphatic heterocycles. The van der Waals surface area contributed by atoms with Crippen molar-refractivity contribution in [3.05, 3.63) is 71.8 Å². The van der Waals surface area contributed by atoms with E-state index in [2.05, 4.69) is 0 Å². The van der Waals surface area contributed by atoms with Crippen molar-refractivity contribution in [1.82, 2.24) is 0 Å². The van der Waals surface area contributed by atoms with Crippen molar-refractivity contribution in [2.75, 3.05) is 6.61 Å². The Morgan fingerprint density at radius 1 is 0.821 bits per heavy atom. The van der Waals surface area contributed by atoms with Gasteiger partial charge in [0.2, 0.25) is 7.37 Å². The first-order valence-electron chi connectivity index (χ1n) is 9.05. The van der Waals surface area contributed by atoms with E-state index < -0.39 is 37.2 Å². The minimum atomic E-state index is -4.30. The second kappa shape index (κ2) is 9.29. The molecule has 1 saturated heterocycles. The molecule has 0 aromatic heterocycles. The molecule has 2 aromatic rings. The highest BCUT2D eigenvalue weighted by Gasteiger charge is 2.56. The van der Waals surface area contributed by atoms with Crippen LogP contribution in [0.15, 0.2) is 60.7 Å². The van der Waals surface area contributed by atoms with Crippen LogP contribution in [0.5, 0.6) is 0 Å². The van der Waals surface area contributed by atoms with E-state index in [1.54, 1.807) is 0 Å². The lowest BCUT2D eigenvalue weighted by Gasteiger charge is -2.43. The van der Waals surface area contributed by atoms with Gasteiger partial charge in [-0.05, 0) is 11.1 Å². The van der Waals surface area contributed by atoms with Gasteiger partial charge in [-0.1, -0.05) is 60.7 Å². The van der Waals surface area contributed by atoms with Crippen molar-refractivity contribution >= 4 is 7.37 Å². The van der Waals surface area contributed by atoms with Crippen molar-refractivity contribution in [2.45, 2.75) is 43.0 Å². The fourth-order valence-corrected chi connectivity index (χ4v) is 5.19. The van der Waals surface area contributed by atoms with Crippen LogP contribution in [0.25, 0.3) is 0 Å². The van der Waals surface area contributed by atoms with Crippen LogP contribution >= 0.6 is 7.37 Å². The third kappa shape index (κ3) is 4.70. The Hall–Kier alpha value is -1.57. The molecule has 0 amide bonds. The summed E-state index contributed by atoms with van der Waals surface area (Å²) in [5.41, 5.74) is 0.416. The molecule has 4 N–H and O–H groups in total. The molecule has 0 spiro atoms. The number of benzene rings is 2. The molecule has 0 aliphatic carbocycles. The van der Waals surface area contributed by atoms with Crippen LogP contribution < -0.4 is 0 Å². The molecule has 2 aromatic carbocycles. The summed E-state index contributed by atoms with van der Waals surface area (Å²) in [7, 11) is -4.30. The Morgan fingerprint density at radius 3 is 1.93 bits per heavy atom. The lowest BCUT2D eigenvalue weighted by Crippen LogP contribution is -2.57. The Kier molecular flexibility index (Phi) is 7.01. The maximum atomic E-state index is 12.6. The SMILES string of the molecule is O=P1(O)C(O)[C@H](O)[C@@H](OCc2ccccc2)[C@H](O)[C@@H]1COCc1ccccc1. The summed E-state index contributed by atoms with van der Waals surface area (Å²) in [6.07, 6.45) is -4.36. The van der Waals surface area contributed by atoms with Crippen LogP contribution in [0.4, 0.5) is 0 Å². The van der Waals surface area contributed by atoms with Crippen LogP contribution in [-0.2, 0) is 27.3 Å². The van der Waals surface area contributed by atoms with Gasteiger partial charge in [-0.25, -0.2) is 0 Å². The van der Waals surface area contributed by atoms with Crippen LogP contribution in [0.3, 0.4) is 0 Å². The van der Waals surface area contributed by atoms with Gasteiger partial charge in [0.05, 0.1) is 31.6 Å². The highest BCUT2D eigenvalue weighted by Crippen LogP contribution is 2.57. The van der Waals surface area contributed by atoms with Gasteiger partial charge in [0.25, 0.3) is 0 Å². The third-order valence-corrected chi connectivity index (χ3v) is 7.38. The standard InChI is InChI=1S/C20H25O7P/c21-17-16(13-26-11-14-7-3-1-4-8-14)28(24,25)20(23)18(22)19(17)27-12-15-9-5-2-6-10-15/h1-10,16-23H,11-13H2,(H,24,25)/t16-,17+,18+,19-,20?/m0/s1. The summed E-state index contributed by atoms with van der Waals surface area (Å²) in [6.45, 7) is 0.0245. The minimum absolute atomic E-state index is 0.0830. The third-order valence-electron chi connectivity index (χ3n) is 4.91. The van der Waals surface area contributed by atoms with Crippen molar-refractivity contribution in [3.63, 3.8) is 0 Å². The molecule has 0 radical (unpaired) electrons. The largest absolute Gasteiger partial charge is 0.389 e. The van der Waals surface area contributed by atoms with Gasteiger partial charge in [-0.3, -0.25) is 4.57 Å². The lowest BCUT2D eigenvalue weighted by atomic mass is 10.0. The van der Waals surface area contributed by atoms with Crippen LogP contribution in [0.1, 0.15) is 11.1 Å². The Bertz CT molecular complexity index is 786. The van der Waals surface area contributed by atoms with Crippen LogP contribution in [-0.4, -0.2) is 56.6 Å². The van der Waals surface area contributed by atoms with Crippen LogP contribution in [0, 0.1) is 0 Å². The van der Waals surface area contributed by atoms with Gasteiger partial charge in [0.1, 0.15) is 12.2 Å². The van der Waals surface area contributed by atoms with Crippen molar-refractivity contribution in [1.29, 1.82) is 0 Å². The van der Waals surface area contributed by atoms with E-state index in [0.29, 0.717) is 0 Å². The molecular formula is C20H25O7P. The summed E-state index contributed by atoms with van der Waals surface area (Å²) in [5.74, 6) is -1.91. The molecule has 6 atom stereocenters. The monoisotopic (exact) mass is 408 g/mol. The quantitative estimate of drug-likeness (QED) is 0.513. The first kappa shape index (κ1) is 21.1. The molecule has 0 bridgehead atoms. The Labute approximate surface area is 163 Å². The van der Waals surface area contributed by atoms with E-state index in [1.165, 1.54) is 0 Å². The average molecular weight is 408 g/mol. The molecule has 1 heterocycles. The Balaban J connectivity index is 1.67. The van der Waals surface area contributed by atoms with E-state index in [-0.39, 0.29) is 19.8 Å². The summed E-state index contributed by atoms with van der Waals surface area (Å²) in [4.78, 5) is 10.3. The fourth-order valence-electron chi connectivity index (χ4n) is 3.27. The molecule has 1 fully saturated rings. The molecule has 2 unspecified atom stereocenters. The van der Waals surface area contributed by atoms with E-state index in [9.17, 15) is 24.8 Å². The maximum Gasteiger partial charge on any atom is 0.238 e. The fraction of sp³-hybridized carbons (Fsp3) is 0.400. The molecule has 152 valence electrons. The van der Waals surface area contributed by atoms with Crippen molar-refractivity contribution < 1.29 is 34.3 Å². The normalized spacial score (nSPS) is 32.9. The molecule has 7 nitrogen and oxygen atoms in total.